The number of nitrogens with zero attached hydrogens (tertiary/aromatic N) is 3. The first-order valence-corrected chi connectivity index (χ1v) is 10.8. The molecule has 1 saturated carbocycles. The van der Waals surface area contributed by atoms with Crippen molar-refractivity contribution in [3.05, 3.63) is 22.3 Å². The van der Waals surface area contributed by atoms with E-state index in [-0.39, 0.29) is 18.0 Å². The van der Waals surface area contributed by atoms with Gasteiger partial charge in [0.05, 0.1) is 16.1 Å². The number of likely N-dealkylation sites (N-methyl/N-ethyl adjacent to an activating group) is 1. The highest BCUT2D eigenvalue weighted by atomic mass is 79.9. The second-order valence-electron chi connectivity index (χ2n) is 8.71. The maximum Gasteiger partial charge on any atom is 0.417 e. The normalized spacial score (nSPS) is 25.7. The van der Waals surface area contributed by atoms with Crippen molar-refractivity contribution in [2.45, 2.75) is 51.4 Å². The Balaban J connectivity index is 1.75. The summed E-state index contributed by atoms with van der Waals surface area (Å²) in [5, 5.41) is 0. The number of rotatable bonds is 6. The van der Waals surface area contributed by atoms with Gasteiger partial charge in [0.15, 0.2) is 0 Å². The van der Waals surface area contributed by atoms with Gasteiger partial charge in [0.25, 0.3) is 0 Å². The number of alkyl halides is 3. The number of hydrogen-bond acceptors (Lipinski definition) is 4. The quantitative estimate of drug-likeness (QED) is 0.675. The van der Waals surface area contributed by atoms with Crippen LogP contribution < -0.4 is 10.6 Å². The molecule has 5 nitrogen and oxygen atoms in total. The van der Waals surface area contributed by atoms with Crippen LogP contribution in [0.1, 0.15) is 38.7 Å². The molecule has 1 aliphatic carbocycles. The molecule has 29 heavy (non-hydrogen) atoms. The van der Waals surface area contributed by atoms with E-state index in [1.165, 1.54) is 0 Å². The molecule has 162 valence electrons. The molecule has 1 amide bonds. The van der Waals surface area contributed by atoms with E-state index < -0.39 is 11.7 Å². The van der Waals surface area contributed by atoms with E-state index in [1.807, 2.05) is 7.05 Å². The van der Waals surface area contributed by atoms with Gasteiger partial charge >= 0.3 is 6.18 Å². The first kappa shape index (κ1) is 22.3. The molecule has 1 aromatic heterocycles. The number of nitrogens with two attached hydrogens (primary N) is 1. The average molecular weight is 477 g/mol. The zero-order valence-corrected chi connectivity index (χ0v) is 18.5. The monoisotopic (exact) mass is 476 g/mol. The lowest BCUT2D eigenvalue weighted by molar-refractivity contribution is -0.137. The summed E-state index contributed by atoms with van der Waals surface area (Å²) in [5.74, 6) is 1.38. The van der Waals surface area contributed by atoms with Crippen LogP contribution in [0.3, 0.4) is 0 Å². The summed E-state index contributed by atoms with van der Waals surface area (Å²) in [6.07, 6.45) is -0.771. The molecule has 0 aromatic carbocycles. The summed E-state index contributed by atoms with van der Waals surface area (Å²) in [7, 11) is 1.97. The van der Waals surface area contributed by atoms with Crippen LogP contribution in [0.2, 0.25) is 0 Å². The molecule has 2 N–H and O–H groups in total. The first-order valence-electron chi connectivity index (χ1n) is 9.98. The summed E-state index contributed by atoms with van der Waals surface area (Å²) >= 11 is 3.27. The predicted octanol–water partition coefficient (Wildman–Crippen LogP) is 3.91. The number of amides is 1. The SMILES string of the molecule is CC(C)C[C@@H](C(N)=O)N(C)[C@H]1CC[C@@H]2CN(c3ncc(C(F)(F)F)cc3Br)C[C@@H]21. The number of hydrogen-bond donors (Lipinski definition) is 1. The van der Waals surface area contributed by atoms with Crippen LogP contribution in [-0.4, -0.2) is 48.0 Å². The molecule has 4 atom stereocenters. The van der Waals surface area contributed by atoms with Crippen LogP contribution in [-0.2, 0) is 11.0 Å². The number of pyridine rings is 1. The third-order valence-corrected chi connectivity index (χ3v) is 6.89. The fraction of sp³-hybridized carbons (Fsp3) is 0.700. The molecule has 1 aromatic rings. The van der Waals surface area contributed by atoms with Crippen LogP contribution >= 0.6 is 15.9 Å². The van der Waals surface area contributed by atoms with Crippen molar-refractivity contribution in [1.82, 2.24) is 9.88 Å². The van der Waals surface area contributed by atoms with E-state index >= 15 is 0 Å². The average Bonchev–Trinajstić information content (AvgIpc) is 3.18. The highest BCUT2D eigenvalue weighted by Crippen LogP contribution is 2.44. The van der Waals surface area contributed by atoms with Gasteiger partial charge in [-0.1, -0.05) is 13.8 Å². The van der Waals surface area contributed by atoms with Crippen LogP contribution in [0, 0.1) is 17.8 Å². The lowest BCUT2D eigenvalue weighted by atomic mass is 9.94. The zero-order valence-electron chi connectivity index (χ0n) is 16.9. The minimum absolute atomic E-state index is 0.231. The van der Waals surface area contributed by atoms with E-state index in [4.69, 9.17) is 5.73 Å². The fourth-order valence-corrected chi connectivity index (χ4v) is 5.49. The van der Waals surface area contributed by atoms with E-state index in [0.717, 1.165) is 38.1 Å². The summed E-state index contributed by atoms with van der Waals surface area (Å²) in [6, 6.07) is 1.02. The molecule has 2 aliphatic rings. The molecule has 9 heteroatoms. The molecule has 0 unspecified atom stereocenters. The van der Waals surface area contributed by atoms with Gasteiger partial charge in [-0.05, 0) is 66.1 Å². The fourth-order valence-electron chi connectivity index (χ4n) is 4.89. The molecule has 0 radical (unpaired) electrons. The minimum atomic E-state index is -4.41. The highest BCUT2D eigenvalue weighted by Gasteiger charge is 2.46. The van der Waals surface area contributed by atoms with Gasteiger partial charge in [-0.25, -0.2) is 4.98 Å². The molecule has 0 spiro atoms. The van der Waals surface area contributed by atoms with E-state index in [0.29, 0.717) is 34.6 Å². The van der Waals surface area contributed by atoms with Crippen molar-refractivity contribution in [1.29, 1.82) is 0 Å². The minimum Gasteiger partial charge on any atom is -0.368 e. The summed E-state index contributed by atoms with van der Waals surface area (Å²) in [4.78, 5) is 20.3. The first-order chi connectivity index (χ1) is 13.5. The van der Waals surface area contributed by atoms with Crippen molar-refractivity contribution in [2.75, 3.05) is 25.0 Å². The summed E-state index contributed by atoms with van der Waals surface area (Å²) in [5.41, 5.74) is 4.92. The molecule has 3 rings (SSSR count). The van der Waals surface area contributed by atoms with Gasteiger partial charge in [0, 0.05) is 25.3 Å². The topological polar surface area (TPSA) is 62.5 Å². The van der Waals surface area contributed by atoms with Crippen molar-refractivity contribution >= 4 is 27.7 Å². The highest BCUT2D eigenvalue weighted by molar-refractivity contribution is 9.10. The molecule has 2 heterocycles. The lowest BCUT2D eigenvalue weighted by Crippen LogP contribution is -2.50. The molecule has 1 saturated heterocycles. The predicted molar refractivity (Wildman–Crippen MR) is 109 cm³/mol. The van der Waals surface area contributed by atoms with Crippen molar-refractivity contribution in [3.63, 3.8) is 0 Å². The molecular formula is C20H28BrF3N4O. The summed E-state index contributed by atoms with van der Waals surface area (Å²) in [6.45, 7) is 5.62. The third-order valence-electron chi connectivity index (χ3n) is 6.31. The second kappa shape index (κ2) is 8.41. The molecule has 0 bridgehead atoms. The van der Waals surface area contributed by atoms with E-state index in [1.54, 1.807) is 0 Å². The van der Waals surface area contributed by atoms with Crippen LogP contribution in [0.5, 0.6) is 0 Å². The Morgan fingerprint density at radius 3 is 2.62 bits per heavy atom. The number of halogens is 4. The molecule has 1 aliphatic heterocycles. The van der Waals surface area contributed by atoms with Gasteiger partial charge in [-0.15, -0.1) is 0 Å². The van der Waals surface area contributed by atoms with Crippen molar-refractivity contribution < 1.29 is 18.0 Å². The Morgan fingerprint density at radius 1 is 1.38 bits per heavy atom. The van der Waals surface area contributed by atoms with Crippen LogP contribution in [0.15, 0.2) is 16.7 Å². The zero-order chi connectivity index (χ0) is 21.5. The Hall–Kier alpha value is -1.35. The summed E-state index contributed by atoms with van der Waals surface area (Å²) < 4.78 is 39.1. The molecule has 2 fully saturated rings. The van der Waals surface area contributed by atoms with Gasteiger partial charge < -0.3 is 10.6 Å². The van der Waals surface area contributed by atoms with Crippen LogP contribution in [0.25, 0.3) is 0 Å². The van der Waals surface area contributed by atoms with Gasteiger partial charge in [0.1, 0.15) is 5.82 Å². The molecular weight excluding hydrogens is 449 g/mol. The van der Waals surface area contributed by atoms with E-state index in [9.17, 15) is 18.0 Å². The number of carbonyl (C=O) groups is 1. The number of carbonyl (C=O) groups excluding carboxylic acids is 1. The van der Waals surface area contributed by atoms with Gasteiger partial charge in [0.2, 0.25) is 5.91 Å². The largest absolute Gasteiger partial charge is 0.417 e. The van der Waals surface area contributed by atoms with Crippen molar-refractivity contribution in [2.24, 2.45) is 23.5 Å². The Morgan fingerprint density at radius 2 is 2.07 bits per heavy atom. The third kappa shape index (κ3) is 4.71. The Kier molecular flexibility index (Phi) is 6.48. The lowest BCUT2D eigenvalue weighted by Gasteiger charge is -2.35. The van der Waals surface area contributed by atoms with E-state index in [2.05, 4.69) is 44.6 Å². The Labute approximate surface area is 177 Å². The maximum absolute atomic E-state index is 12.9. The Bertz CT molecular complexity index is 758. The number of fused-ring (bicyclic) bond motifs is 1. The second-order valence-corrected chi connectivity index (χ2v) is 9.57. The number of aromatic nitrogens is 1. The standard InChI is InChI=1S/C20H28BrF3N4O/c1-11(2)6-17(18(25)29)27(3)16-5-4-12-9-28(10-14(12)16)19-15(21)7-13(8-26-19)20(22,23)24/h7-8,11-12,14,16-17H,4-6,9-10H2,1-3H3,(H2,25,29)/t12-,14+,16+,17+/m1/s1. The number of anilines is 1. The number of primary amides is 1. The maximum atomic E-state index is 12.9. The van der Waals surface area contributed by atoms with Gasteiger partial charge in [-0.2, -0.15) is 13.2 Å². The van der Waals surface area contributed by atoms with Crippen molar-refractivity contribution in [3.8, 4) is 0 Å². The van der Waals surface area contributed by atoms with Crippen LogP contribution in [0.4, 0.5) is 19.0 Å². The smallest absolute Gasteiger partial charge is 0.368 e. The van der Waals surface area contributed by atoms with Gasteiger partial charge in [-0.3, -0.25) is 9.69 Å².